The lowest BCUT2D eigenvalue weighted by atomic mass is 9.86. The van der Waals surface area contributed by atoms with Gasteiger partial charge < -0.3 is 5.32 Å². The molecule has 0 aliphatic carbocycles. The molecule has 1 aromatic carbocycles. The lowest BCUT2D eigenvalue weighted by Crippen LogP contribution is -2.28. The van der Waals surface area contributed by atoms with Crippen molar-refractivity contribution >= 4 is 9.84 Å². The van der Waals surface area contributed by atoms with Crippen molar-refractivity contribution < 1.29 is 8.42 Å². The second-order valence-corrected chi connectivity index (χ2v) is 7.40. The average molecular weight is 267 g/mol. The van der Waals surface area contributed by atoms with E-state index in [0.29, 0.717) is 23.3 Å². The second kappa shape index (κ2) is 5.85. The van der Waals surface area contributed by atoms with E-state index in [1.807, 2.05) is 25.2 Å². The van der Waals surface area contributed by atoms with Crippen LogP contribution in [-0.4, -0.2) is 33.5 Å². The standard InChI is InChI=1S/C14H21NO2S/c1-15-10-14(9-12-5-3-2-4-6-12)13-7-8-18(16,17)11-13/h2-6,13-15H,7-11H2,1H3. The topological polar surface area (TPSA) is 46.2 Å². The molecule has 2 rings (SSSR count). The lowest BCUT2D eigenvalue weighted by molar-refractivity contribution is 0.352. The van der Waals surface area contributed by atoms with E-state index in [1.165, 1.54) is 5.56 Å². The zero-order chi connectivity index (χ0) is 13.0. The number of hydrogen-bond donors (Lipinski definition) is 1. The Hall–Kier alpha value is -0.870. The maximum absolute atomic E-state index is 11.6. The first-order valence-corrected chi connectivity index (χ1v) is 8.32. The minimum Gasteiger partial charge on any atom is -0.319 e. The number of benzene rings is 1. The molecule has 0 spiro atoms. The van der Waals surface area contributed by atoms with Gasteiger partial charge in [-0.05, 0) is 43.8 Å². The highest BCUT2D eigenvalue weighted by atomic mass is 32.2. The molecule has 100 valence electrons. The van der Waals surface area contributed by atoms with Crippen LogP contribution in [0.1, 0.15) is 12.0 Å². The van der Waals surface area contributed by atoms with Crippen molar-refractivity contribution in [2.75, 3.05) is 25.1 Å². The molecular weight excluding hydrogens is 246 g/mol. The largest absolute Gasteiger partial charge is 0.319 e. The van der Waals surface area contributed by atoms with Crippen LogP contribution in [0.15, 0.2) is 30.3 Å². The van der Waals surface area contributed by atoms with Crippen LogP contribution in [0.25, 0.3) is 0 Å². The second-order valence-electron chi connectivity index (χ2n) is 5.17. The predicted molar refractivity (Wildman–Crippen MR) is 74.3 cm³/mol. The first kappa shape index (κ1) is 13.6. The van der Waals surface area contributed by atoms with E-state index in [0.717, 1.165) is 19.4 Å². The summed E-state index contributed by atoms with van der Waals surface area (Å²) in [6.07, 6.45) is 1.78. The summed E-state index contributed by atoms with van der Waals surface area (Å²) in [6, 6.07) is 10.3. The van der Waals surface area contributed by atoms with Crippen molar-refractivity contribution in [3.8, 4) is 0 Å². The van der Waals surface area contributed by atoms with Gasteiger partial charge in [-0.15, -0.1) is 0 Å². The van der Waals surface area contributed by atoms with Crippen LogP contribution in [-0.2, 0) is 16.3 Å². The minimum atomic E-state index is -2.78. The van der Waals surface area contributed by atoms with E-state index >= 15 is 0 Å². The first-order chi connectivity index (χ1) is 8.61. The SMILES string of the molecule is CNCC(Cc1ccccc1)C1CCS(=O)(=O)C1. The van der Waals surface area contributed by atoms with E-state index in [9.17, 15) is 8.42 Å². The van der Waals surface area contributed by atoms with Gasteiger partial charge in [-0.2, -0.15) is 0 Å². The Kier molecular flexibility index (Phi) is 4.40. The van der Waals surface area contributed by atoms with E-state index in [2.05, 4.69) is 17.4 Å². The molecule has 18 heavy (non-hydrogen) atoms. The van der Waals surface area contributed by atoms with Crippen molar-refractivity contribution in [1.82, 2.24) is 5.32 Å². The van der Waals surface area contributed by atoms with Crippen LogP contribution in [0.2, 0.25) is 0 Å². The summed E-state index contributed by atoms with van der Waals surface area (Å²) in [7, 11) is -0.847. The van der Waals surface area contributed by atoms with Gasteiger partial charge in [0.1, 0.15) is 0 Å². The molecule has 1 fully saturated rings. The third-order valence-corrected chi connectivity index (χ3v) is 5.54. The van der Waals surface area contributed by atoms with Gasteiger partial charge in [0.05, 0.1) is 11.5 Å². The summed E-state index contributed by atoms with van der Waals surface area (Å²) in [6.45, 7) is 0.884. The Morgan fingerprint density at radius 1 is 1.33 bits per heavy atom. The zero-order valence-electron chi connectivity index (χ0n) is 10.8. The van der Waals surface area contributed by atoms with Gasteiger partial charge >= 0.3 is 0 Å². The van der Waals surface area contributed by atoms with Gasteiger partial charge in [-0.3, -0.25) is 0 Å². The molecule has 1 saturated heterocycles. The van der Waals surface area contributed by atoms with Crippen molar-refractivity contribution in [3.05, 3.63) is 35.9 Å². The fraction of sp³-hybridized carbons (Fsp3) is 0.571. The Balaban J connectivity index is 2.05. The summed E-state index contributed by atoms with van der Waals surface area (Å²) in [5.41, 5.74) is 1.29. The lowest BCUT2D eigenvalue weighted by Gasteiger charge is -2.22. The van der Waals surface area contributed by atoms with E-state index in [-0.39, 0.29) is 0 Å². The zero-order valence-corrected chi connectivity index (χ0v) is 11.6. The van der Waals surface area contributed by atoms with Gasteiger partial charge in [0.15, 0.2) is 9.84 Å². The van der Waals surface area contributed by atoms with Gasteiger partial charge in [0.25, 0.3) is 0 Å². The van der Waals surface area contributed by atoms with Crippen molar-refractivity contribution in [3.63, 3.8) is 0 Å². The highest BCUT2D eigenvalue weighted by molar-refractivity contribution is 7.91. The van der Waals surface area contributed by atoms with E-state index < -0.39 is 9.84 Å². The number of nitrogens with one attached hydrogen (secondary N) is 1. The molecule has 3 nitrogen and oxygen atoms in total. The summed E-state index contributed by atoms with van der Waals surface area (Å²) in [4.78, 5) is 0. The molecule has 4 heteroatoms. The molecule has 1 N–H and O–H groups in total. The van der Waals surface area contributed by atoms with Gasteiger partial charge in [0.2, 0.25) is 0 Å². The van der Waals surface area contributed by atoms with E-state index in [1.54, 1.807) is 0 Å². The van der Waals surface area contributed by atoms with Crippen LogP contribution in [0.5, 0.6) is 0 Å². The van der Waals surface area contributed by atoms with Crippen molar-refractivity contribution in [2.45, 2.75) is 12.8 Å². The van der Waals surface area contributed by atoms with Crippen molar-refractivity contribution in [1.29, 1.82) is 0 Å². The predicted octanol–water partition coefficient (Wildman–Crippen LogP) is 1.50. The van der Waals surface area contributed by atoms with Gasteiger partial charge in [-0.25, -0.2) is 8.42 Å². The molecule has 0 radical (unpaired) electrons. The number of hydrogen-bond acceptors (Lipinski definition) is 3. The van der Waals surface area contributed by atoms with Crippen LogP contribution in [0.4, 0.5) is 0 Å². The number of sulfone groups is 1. The Morgan fingerprint density at radius 2 is 2.06 bits per heavy atom. The highest BCUT2D eigenvalue weighted by Gasteiger charge is 2.33. The van der Waals surface area contributed by atoms with Crippen LogP contribution < -0.4 is 5.32 Å². The fourth-order valence-corrected chi connectivity index (χ4v) is 4.70. The van der Waals surface area contributed by atoms with Gasteiger partial charge in [0, 0.05) is 0 Å². The normalized spacial score (nSPS) is 23.9. The maximum Gasteiger partial charge on any atom is 0.150 e. The van der Waals surface area contributed by atoms with Crippen LogP contribution in [0, 0.1) is 11.8 Å². The molecule has 0 amide bonds. The maximum atomic E-state index is 11.6. The molecule has 1 heterocycles. The molecule has 1 aliphatic rings. The average Bonchev–Trinajstić information content (AvgIpc) is 2.70. The fourth-order valence-electron chi connectivity index (χ4n) is 2.78. The quantitative estimate of drug-likeness (QED) is 0.879. The summed E-state index contributed by atoms with van der Waals surface area (Å²) < 4.78 is 23.2. The third kappa shape index (κ3) is 3.56. The Bertz CT molecular complexity index is 470. The summed E-state index contributed by atoms with van der Waals surface area (Å²) in [5, 5.41) is 3.20. The van der Waals surface area contributed by atoms with Gasteiger partial charge in [-0.1, -0.05) is 30.3 Å². The first-order valence-electron chi connectivity index (χ1n) is 6.49. The van der Waals surface area contributed by atoms with Crippen LogP contribution >= 0.6 is 0 Å². The smallest absolute Gasteiger partial charge is 0.150 e. The summed E-state index contributed by atoms with van der Waals surface area (Å²) in [5.74, 6) is 1.45. The molecule has 0 aromatic heterocycles. The highest BCUT2D eigenvalue weighted by Crippen LogP contribution is 2.28. The molecule has 1 aliphatic heterocycles. The Labute approximate surface area is 110 Å². The van der Waals surface area contributed by atoms with Crippen molar-refractivity contribution in [2.24, 2.45) is 11.8 Å². The monoisotopic (exact) mass is 267 g/mol. The molecule has 2 atom stereocenters. The number of rotatable bonds is 5. The van der Waals surface area contributed by atoms with E-state index in [4.69, 9.17) is 0 Å². The molecule has 0 bridgehead atoms. The molecule has 2 unspecified atom stereocenters. The minimum absolute atomic E-state index is 0.308. The molecular formula is C14H21NO2S. The summed E-state index contributed by atoms with van der Waals surface area (Å²) >= 11 is 0. The molecule has 0 saturated carbocycles. The van der Waals surface area contributed by atoms with Crippen LogP contribution in [0.3, 0.4) is 0 Å². The Morgan fingerprint density at radius 3 is 2.61 bits per heavy atom. The third-order valence-electron chi connectivity index (χ3n) is 3.74. The molecule has 1 aromatic rings.